The molecule has 6 heteroatoms. The van der Waals surface area contributed by atoms with Crippen molar-refractivity contribution in [2.75, 3.05) is 6.54 Å². The number of aromatic nitrogens is 4. The van der Waals surface area contributed by atoms with Gasteiger partial charge in [0.15, 0.2) is 0 Å². The van der Waals surface area contributed by atoms with Crippen molar-refractivity contribution in [3.8, 4) is 0 Å². The first kappa shape index (κ1) is 21.4. The largest absolute Gasteiger partial charge is 0.340 e. The number of para-hydroxylation sites is 2. The third kappa shape index (κ3) is 4.30. The standard InChI is InChI=1S/C27H31N5O/c1-18-10-12-21(13-11-18)17-32-20(3)22(19(2)30-32)14-15-26(33)31-16-6-9-25(31)27-28-23-7-4-5-8-24(23)29-27/h4-5,7-8,10-13,25H,6,9,14-17H2,1-3H3,(H,28,29). The number of H-pyrrole nitrogens is 1. The number of nitrogens with zero attached hydrogens (tertiary/aromatic N) is 4. The Bertz CT molecular complexity index is 1250. The van der Waals surface area contributed by atoms with Crippen molar-refractivity contribution in [3.05, 3.63) is 82.4 Å². The molecule has 33 heavy (non-hydrogen) atoms. The number of amides is 1. The van der Waals surface area contributed by atoms with Crippen LogP contribution in [0.25, 0.3) is 11.0 Å². The fraction of sp³-hybridized carbons (Fsp3) is 0.370. The lowest BCUT2D eigenvalue weighted by Gasteiger charge is -2.23. The molecule has 0 spiro atoms. The first-order valence-electron chi connectivity index (χ1n) is 11.8. The topological polar surface area (TPSA) is 66.8 Å². The summed E-state index contributed by atoms with van der Waals surface area (Å²) >= 11 is 0. The summed E-state index contributed by atoms with van der Waals surface area (Å²) in [6.45, 7) is 7.81. The Hall–Kier alpha value is -3.41. The molecule has 6 nitrogen and oxygen atoms in total. The van der Waals surface area contributed by atoms with Crippen LogP contribution < -0.4 is 0 Å². The van der Waals surface area contributed by atoms with E-state index in [1.807, 2.05) is 36.1 Å². The van der Waals surface area contributed by atoms with Gasteiger partial charge in [-0.25, -0.2) is 4.98 Å². The molecule has 1 fully saturated rings. The van der Waals surface area contributed by atoms with Gasteiger partial charge in [0, 0.05) is 18.7 Å². The highest BCUT2D eigenvalue weighted by atomic mass is 16.2. The fourth-order valence-corrected chi connectivity index (χ4v) is 4.97. The first-order valence-corrected chi connectivity index (χ1v) is 11.8. The zero-order valence-electron chi connectivity index (χ0n) is 19.6. The summed E-state index contributed by atoms with van der Waals surface area (Å²) in [5.41, 5.74) is 7.83. The molecule has 1 aliphatic heterocycles. The molecule has 5 rings (SSSR count). The fourth-order valence-electron chi connectivity index (χ4n) is 4.97. The van der Waals surface area contributed by atoms with Gasteiger partial charge in [0.2, 0.25) is 5.91 Å². The number of aryl methyl sites for hydroxylation is 2. The minimum absolute atomic E-state index is 0.0383. The predicted molar refractivity (Wildman–Crippen MR) is 130 cm³/mol. The number of fused-ring (bicyclic) bond motifs is 1. The van der Waals surface area contributed by atoms with E-state index in [2.05, 4.69) is 47.8 Å². The van der Waals surface area contributed by atoms with Crippen molar-refractivity contribution in [2.24, 2.45) is 0 Å². The van der Waals surface area contributed by atoms with Gasteiger partial charge in [0.05, 0.1) is 29.3 Å². The van der Waals surface area contributed by atoms with Crippen molar-refractivity contribution in [3.63, 3.8) is 0 Å². The van der Waals surface area contributed by atoms with Crippen LogP contribution in [0.1, 0.15) is 59.2 Å². The maximum atomic E-state index is 13.2. The maximum Gasteiger partial charge on any atom is 0.223 e. The molecule has 0 bridgehead atoms. The Morgan fingerprint density at radius 3 is 2.67 bits per heavy atom. The summed E-state index contributed by atoms with van der Waals surface area (Å²) in [6.07, 6.45) is 3.18. The summed E-state index contributed by atoms with van der Waals surface area (Å²) < 4.78 is 2.06. The highest BCUT2D eigenvalue weighted by Gasteiger charge is 2.32. The number of nitrogens with one attached hydrogen (secondary N) is 1. The molecule has 170 valence electrons. The van der Waals surface area contributed by atoms with E-state index >= 15 is 0 Å². The monoisotopic (exact) mass is 441 g/mol. The summed E-state index contributed by atoms with van der Waals surface area (Å²) in [5, 5.41) is 4.77. The van der Waals surface area contributed by atoms with E-state index in [-0.39, 0.29) is 11.9 Å². The van der Waals surface area contributed by atoms with Crippen LogP contribution in [0.3, 0.4) is 0 Å². The Balaban J connectivity index is 1.27. The van der Waals surface area contributed by atoms with Crippen LogP contribution in [-0.2, 0) is 17.8 Å². The van der Waals surface area contributed by atoms with Gasteiger partial charge in [-0.1, -0.05) is 42.0 Å². The Kier molecular flexibility index (Phi) is 5.75. The highest BCUT2D eigenvalue weighted by molar-refractivity contribution is 5.78. The van der Waals surface area contributed by atoms with Crippen molar-refractivity contribution in [2.45, 2.75) is 59.0 Å². The van der Waals surface area contributed by atoms with Crippen LogP contribution in [-0.4, -0.2) is 37.1 Å². The molecule has 1 saturated heterocycles. The zero-order valence-corrected chi connectivity index (χ0v) is 19.6. The van der Waals surface area contributed by atoms with Gasteiger partial charge in [-0.3, -0.25) is 9.48 Å². The van der Waals surface area contributed by atoms with Crippen molar-refractivity contribution < 1.29 is 4.79 Å². The van der Waals surface area contributed by atoms with Gasteiger partial charge in [0.25, 0.3) is 0 Å². The van der Waals surface area contributed by atoms with Crippen molar-refractivity contribution >= 4 is 16.9 Å². The summed E-state index contributed by atoms with van der Waals surface area (Å²) in [7, 11) is 0. The summed E-state index contributed by atoms with van der Waals surface area (Å²) in [5.74, 6) is 1.10. The van der Waals surface area contributed by atoms with Gasteiger partial charge < -0.3 is 9.88 Å². The molecular weight excluding hydrogens is 410 g/mol. The molecule has 1 aliphatic rings. The van der Waals surface area contributed by atoms with Gasteiger partial charge in [0.1, 0.15) is 5.82 Å². The Morgan fingerprint density at radius 2 is 1.88 bits per heavy atom. The smallest absolute Gasteiger partial charge is 0.223 e. The number of hydrogen-bond donors (Lipinski definition) is 1. The minimum Gasteiger partial charge on any atom is -0.340 e. The lowest BCUT2D eigenvalue weighted by atomic mass is 10.1. The number of likely N-dealkylation sites (tertiary alicyclic amines) is 1. The second-order valence-corrected chi connectivity index (χ2v) is 9.18. The molecule has 2 aromatic carbocycles. The van der Waals surface area contributed by atoms with Crippen LogP contribution in [0.5, 0.6) is 0 Å². The average Bonchev–Trinajstić information content (AvgIpc) is 3.52. The van der Waals surface area contributed by atoms with E-state index in [1.54, 1.807) is 0 Å². The minimum atomic E-state index is 0.0383. The molecule has 2 aromatic heterocycles. The molecule has 1 unspecified atom stereocenters. The van der Waals surface area contributed by atoms with Crippen LogP contribution in [0.2, 0.25) is 0 Å². The average molecular weight is 442 g/mol. The third-order valence-electron chi connectivity index (χ3n) is 6.87. The van der Waals surface area contributed by atoms with Crippen molar-refractivity contribution in [1.29, 1.82) is 0 Å². The third-order valence-corrected chi connectivity index (χ3v) is 6.87. The highest BCUT2D eigenvalue weighted by Crippen LogP contribution is 2.32. The van der Waals surface area contributed by atoms with Gasteiger partial charge in [-0.2, -0.15) is 5.10 Å². The zero-order chi connectivity index (χ0) is 22.9. The van der Waals surface area contributed by atoms with E-state index < -0.39 is 0 Å². The molecule has 0 saturated carbocycles. The predicted octanol–water partition coefficient (Wildman–Crippen LogP) is 5.03. The number of rotatable bonds is 6. The molecule has 1 atom stereocenters. The molecule has 0 aliphatic carbocycles. The second-order valence-electron chi connectivity index (χ2n) is 9.18. The summed E-state index contributed by atoms with van der Waals surface area (Å²) in [4.78, 5) is 23.4. The van der Waals surface area contributed by atoms with Crippen LogP contribution in [0.4, 0.5) is 0 Å². The summed E-state index contributed by atoms with van der Waals surface area (Å²) in [6, 6.07) is 16.7. The number of imidazole rings is 1. The Morgan fingerprint density at radius 1 is 1.09 bits per heavy atom. The number of aromatic amines is 1. The second kappa shape index (κ2) is 8.85. The first-order chi connectivity index (χ1) is 16.0. The maximum absolute atomic E-state index is 13.2. The molecule has 1 N–H and O–H groups in total. The number of hydrogen-bond acceptors (Lipinski definition) is 3. The van der Waals surface area contributed by atoms with E-state index in [0.717, 1.165) is 54.2 Å². The molecular formula is C27H31N5O. The van der Waals surface area contributed by atoms with E-state index in [1.165, 1.54) is 16.7 Å². The molecule has 0 radical (unpaired) electrons. The van der Waals surface area contributed by atoms with Gasteiger partial charge in [-0.05, 0) is 63.3 Å². The SMILES string of the molecule is Cc1ccc(Cn2nc(C)c(CCC(=O)N3CCCC3c3nc4ccccc4[nH]3)c2C)cc1. The molecule has 1 amide bonds. The normalized spacial score (nSPS) is 16.1. The van der Waals surface area contributed by atoms with Crippen LogP contribution >= 0.6 is 0 Å². The molecule has 4 aromatic rings. The van der Waals surface area contributed by atoms with E-state index in [9.17, 15) is 4.79 Å². The number of carbonyl (C=O) groups excluding carboxylic acids is 1. The van der Waals surface area contributed by atoms with Crippen LogP contribution in [0.15, 0.2) is 48.5 Å². The number of carbonyl (C=O) groups is 1. The van der Waals surface area contributed by atoms with E-state index in [0.29, 0.717) is 12.8 Å². The Labute approximate surface area is 194 Å². The lowest BCUT2D eigenvalue weighted by Crippen LogP contribution is -2.31. The molecule has 3 heterocycles. The van der Waals surface area contributed by atoms with Crippen molar-refractivity contribution in [1.82, 2.24) is 24.6 Å². The van der Waals surface area contributed by atoms with Crippen LogP contribution in [0, 0.1) is 20.8 Å². The van der Waals surface area contributed by atoms with E-state index in [4.69, 9.17) is 10.1 Å². The quantitative estimate of drug-likeness (QED) is 0.456. The van der Waals surface area contributed by atoms with Gasteiger partial charge >= 0.3 is 0 Å². The lowest BCUT2D eigenvalue weighted by molar-refractivity contribution is -0.132. The number of benzene rings is 2. The van der Waals surface area contributed by atoms with Gasteiger partial charge in [-0.15, -0.1) is 0 Å².